The molecular formula is C11H6F3O. The van der Waals surface area contributed by atoms with Gasteiger partial charge in [0.2, 0.25) is 0 Å². The third kappa shape index (κ3) is 1.63. The first-order valence-electron chi connectivity index (χ1n) is 4.26. The van der Waals surface area contributed by atoms with Gasteiger partial charge in [-0.2, -0.15) is 13.2 Å². The van der Waals surface area contributed by atoms with Crippen LogP contribution in [0, 0.1) is 0 Å². The maximum atomic E-state index is 12.6. The van der Waals surface area contributed by atoms with Crippen molar-refractivity contribution in [2.24, 2.45) is 0 Å². The average Bonchev–Trinajstić information content (AvgIpc) is 2.15. The van der Waals surface area contributed by atoms with Crippen molar-refractivity contribution in [2.75, 3.05) is 0 Å². The van der Waals surface area contributed by atoms with Crippen LogP contribution in [-0.2, 0) is 11.3 Å². The minimum absolute atomic E-state index is 0.0440. The van der Waals surface area contributed by atoms with Gasteiger partial charge in [0.05, 0.1) is 0 Å². The van der Waals surface area contributed by atoms with E-state index in [2.05, 4.69) is 0 Å². The van der Waals surface area contributed by atoms with Crippen LogP contribution in [0.25, 0.3) is 10.8 Å². The highest BCUT2D eigenvalue weighted by atomic mass is 19.4. The zero-order valence-electron chi connectivity index (χ0n) is 7.51. The first kappa shape index (κ1) is 9.83. The second-order valence-corrected chi connectivity index (χ2v) is 3.16. The molecule has 0 saturated carbocycles. The molecule has 0 aliphatic heterocycles. The molecule has 0 aliphatic rings. The Labute approximate surface area is 83.8 Å². The lowest BCUT2D eigenvalue weighted by Gasteiger charge is -2.10. The van der Waals surface area contributed by atoms with Crippen molar-refractivity contribution in [1.82, 2.24) is 0 Å². The number of fused-ring (bicyclic) bond motifs is 1. The molecular weight excluding hydrogens is 205 g/mol. The lowest BCUT2D eigenvalue weighted by molar-refractivity contribution is -0.137. The molecule has 1 radical (unpaired) electrons. The highest BCUT2D eigenvalue weighted by Crippen LogP contribution is 2.40. The molecule has 15 heavy (non-hydrogen) atoms. The Hall–Kier alpha value is -1.71. The zero-order chi connectivity index (χ0) is 11.1. The van der Waals surface area contributed by atoms with Crippen LogP contribution in [0.15, 0.2) is 36.4 Å². The predicted octanol–water partition coefficient (Wildman–Crippen LogP) is 4.00. The third-order valence-electron chi connectivity index (χ3n) is 2.17. The van der Waals surface area contributed by atoms with E-state index in [9.17, 15) is 18.3 Å². The van der Waals surface area contributed by atoms with Crippen LogP contribution in [0.2, 0.25) is 0 Å². The molecule has 0 saturated heterocycles. The number of rotatable bonds is 0. The first-order valence-corrected chi connectivity index (χ1v) is 4.26. The molecule has 2 aromatic carbocycles. The van der Waals surface area contributed by atoms with Crippen LogP contribution in [-0.4, -0.2) is 0 Å². The lowest BCUT2D eigenvalue weighted by Crippen LogP contribution is -2.05. The van der Waals surface area contributed by atoms with E-state index >= 15 is 0 Å². The summed E-state index contributed by atoms with van der Waals surface area (Å²) in [6.07, 6.45) is -4.60. The largest absolute Gasteiger partial charge is 0.420 e. The van der Waals surface area contributed by atoms with Gasteiger partial charge in [0.25, 0.3) is 0 Å². The quantitative estimate of drug-likeness (QED) is 0.627. The van der Waals surface area contributed by atoms with E-state index in [1.807, 2.05) is 0 Å². The molecule has 0 aliphatic carbocycles. The number of hydrogen-bond donors (Lipinski definition) is 0. The van der Waals surface area contributed by atoms with Crippen LogP contribution in [0.3, 0.4) is 0 Å². The van der Waals surface area contributed by atoms with E-state index in [-0.39, 0.29) is 5.39 Å². The Morgan fingerprint density at radius 2 is 1.60 bits per heavy atom. The van der Waals surface area contributed by atoms with E-state index in [1.54, 1.807) is 12.1 Å². The second kappa shape index (κ2) is 3.15. The van der Waals surface area contributed by atoms with Gasteiger partial charge in [-0.05, 0) is 16.8 Å². The Balaban J connectivity index is 2.86. The van der Waals surface area contributed by atoms with Gasteiger partial charge in [-0.25, -0.2) is 0 Å². The minimum Gasteiger partial charge on any atom is -0.289 e. The summed E-state index contributed by atoms with van der Waals surface area (Å²) in [5.41, 5.74) is -1.08. The summed E-state index contributed by atoms with van der Waals surface area (Å²) in [5, 5.41) is 11.5. The summed E-state index contributed by atoms with van der Waals surface area (Å²) in [7, 11) is 0. The molecule has 0 spiro atoms. The smallest absolute Gasteiger partial charge is 0.289 e. The molecule has 0 unspecified atom stereocenters. The highest BCUT2D eigenvalue weighted by Gasteiger charge is 2.36. The van der Waals surface area contributed by atoms with E-state index in [4.69, 9.17) is 0 Å². The SMILES string of the molecule is [O]c1ccc2ccccc2c1C(F)(F)F. The predicted molar refractivity (Wildman–Crippen MR) is 49.1 cm³/mol. The third-order valence-corrected chi connectivity index (χ3v) is 2.17. The first-order chi connectivity index (χ1) is 7.00. The topological polar surface area (TPSA) is 19.9 Å². The molecule has 2 rings (SSSR count). The van der Waals surface area contributed by atoms with Crippen molar-refractivity contribution in [2.45, 2.75) is 6.18 Å². The van der Waals surface area contributed by atoms with Crippen molar-refractivity contribution in [3.05, 3.63) is 42.0 Å². The van der Waals surface area contributed by atoms with Crippen LogP contribution in [0.1, 0.15) is 5.56 Å². The van der Waals surface area contributed by atoms with Crippen LogP contribution in [0.4, 0.5) is 13.2 Å². The van der Waals surface area contributed by atoms with E-state index < -0.39 is 17.5 Å². The van der Waals surface area contributed by atoms with Crippen molar-refractivity contribution in [3.63, 3.8) is 0 Å². The Morgan fingerprint density at radius 3 is 2.27 bits per heavy atom. The maximum absolute atomic E-state index is 12.6. The molecule has 77 valence electrons. The molecule has 1 nitrogen and oxygen atoms in total. The fraction of sp³-hybridized carbons (Fsp3) is 0.0909. The number of benzene rings is 2. The molecule has 4 heteroatoms. The number of hydrogen-bond acceptors (Lipinski definition) is 0. The summed E-state index contributed by atoms with van der Waals surface area (Å²) < 4.78 is 37.7. The standard InChI is InChI=1S/C11H6F3O/c12-11(13,14)10-8-4-2-1-3-7(8)5-6-9(10)15/h1-6H. The van der Waals surface area contributed by atoms with Crippen LogP contribution >= 0.6 is 0 Å². The van der Waals surface area contributed by atoms with Gasteiger partial charge in [0.15, 0.2) is 5.75 Å². The number of alkyl halides is 3. The summed E-state index contributed by atoms with van der Waals surface area (Å²) >= 11 is 0. The van der Waals surface area contributed by atoms with Gasteiger partial charge in [-0.3, -0.25) is 5.11 Å². The Morgan fingerprint density at radius 1 is 0.933 bits per heavy atom. The van der Waals surface area contributed by atoms with Gasteiger partial charge in [-0.1, -0.05) is 30.3 Å². The van der Waals surface area contributed by atoms with E-state index in [0.717, 1.165) is 6.07 Å². The molecule has 0 bridgehead atoms. The fourth-order valence-corrected chi connectivity index (χ4v) is 1.54. The van der Waals surface area contributed by atoms with Gasteiger partial charge < -0.3 is 0 Å². The molecule has 0 fully saturated rings. The second-order valence-electron chi connectivity index (χ2n) is 3.16. The maximum Gasteiger partial charge on any atom is 0.420 e. The minimum atomic E-state index is -4.60. The Kier molecular flexibility index (Phi) is 2.07. The summed E-state index contributed by atoms with van der Waals surface area (Å²) in [6.45, 7) is 0. The number of halogens is 3. The Bertz CT molecular complexity index is 503. The normalized spacial score (nSPS) is 11.9. The summed E-state index contributed by atoms with van der Waals surface area (Å²) in [6, 6.07) is 8.31. The molecule has 0 atom stereocenters. The van der Waals surface area contributed by atoms with Crippen LogP contribution in [0.5, 0.6) is 5.75 Å². The van der Waals surface area contributed by atoms with E-state index in [0.29, 0.717) is 5.39 Å². The summed E-state index contributed by atoms with van der Waals surface area (Å²) in [4.78, 5) is 0. The van der Waals surface area contributed by atoms with Crippen LogP contribution < -0.4 is 0 Å². The highest BCUT2D eigenvalue weighted by molar-refractivity contribution is 5.88. The van der Waals surface area contributed by atoms with Gasteiger partial charge in [-0.15, -0.1) is 0 Å². The fourth-order valence-electron chi connectivity index (χ4n) is 1.54. The van der Waals surface area contributed by atoms with Crippen molar-refractivity contribution in [1.29, 1.82) is 0 Å². The lowest BCUT2D eigenvalue weighted by atomic mass is 10.0. The van der Waals surface area contributed by atoms with Gasteiger partial charge in [0, 0.05) is 0 Å². The average molecular weight is 211 g/mol. The van der Waals surface area contributed by atoms with Crippen molar-refractivity contribution < 1.29 is 18.3 Å². The van der Waals surface area contributed by atoms with E-state index in [1.165, 1.54) is 18.2 Å². The molecule has 2 aromatic rings. The van der Waals surface area contributed by atoms with Crippen molar-refractivity contribution >= 4 is 10.8 Å². The molecule has 0 amide bonds. The molecule has 0 heterocycles. The molecule has 0 N–H and O–H groups in total. The summed E-state index contributed by atoms with van der Waals surface area (Å²) in [5.74, 6) is -0.985. The van der Waals surface area contributed by atoms with Gasteiger partial charge in [0.1, 0.15) is 5.56 Å². The monoisotopic (exact) mass is 211 g/mol. The van der Waals surface area contributed by atoms with Crippen molar-refractivity contribution in [3.8, 4) is 5.75 Å². The zero-order valence-corrected chi connectivity index (χ0v) is 7.51. The molecule has 0 aromatic heterocycles. The van der Waals surface area contributed by atoms with Gasteiger partial charge >= 0.3 is 6.18 Å².